The van der Waals surface area contributed by atoms with Gasteiger partial charge in [0.15, 0.2) is 16.7 Å². The van der Waals surface area contributed by atoms with Crippen molar-refractivity contribution in [1.29, 1.82) is 0 Å². The maximum Gasteiger partial charge on any atom is 0.237 e. The summed E-state index contributed by atoms with van der Waals surface area (Å²) in [4.78, 5) is 14.9. The molecule has 29 heavy (non-hydrogen) atoms. The molecule has 0 saturated carbocycles. The van der Waals surface area contributed by atoms with Crippen molar-refractivity contribution in [2.24, 2.45) is 7.05 Å². The molecule has 1 aliphatic heterocycles. The van der Waals surface area contributed by atoms with E-state index in [0.29, 0.717) is 16.7 Å². The Bertz CT molecular complexity index is 949. The Balaban J connectivity index is 1.36. The quantitative estimate of drug-likeness (QED) is 0.622. The number of aromatic nitrogens is 3. The molecule has 1 saturated heterocycles. The SMILES string of the molecule is C[C@H](Sc1nnc(-c2ccco2)n1C)C(=O)Nc1ccc(N2CCOCC2)cc1. The fourth-order valence-electron chi connectivity index (χ4n) is 3.07. The number of carbonyl (C=O) groups is 1. The molecule has 1 aromatic carbocycles. The van der Waals surface area contributed by atoms with Crippen LogP contribution in [-0.4, -0.2) is 52.2 Å². The highest BCUT2D eigenvalue weighted by atomic mass is 32.2. The van der Waals surface area contributed by atoms with Crippen LogP contribution >= 0.6 is 11.8 Å². The van der Waals surface area contributed by atoms with E-state index in [9.17, 15) is 4.79 Å². The molecule has 0 spiro atoms. The van der Waals surface area contributed by atoms with Crippen LogP contribution in [0, 0.1) is 0 Å². The van der Waals surface area contributed by atoms with Crippen molar-refractivity contribution >= 4 is 29.0 Å². The fourth-order valence-corrected chi connectivity index (χ4v) is 3.89. The van der Waals surface area contributed by atoms with E-state index in [4.69, 9.17) is 9.15 Å². The van der Waals surface area contributed by atoms with Crippen LogP contribution in [0.3, 0.4) is 0 Å². The Hall–Kier alpha value is -2.78. The molecule has 0 aliphatic carbocycles. The van der Waals surface area contributed by atoms with Crippen molar-refractivity contribution in [2.75, 3.05) is 36.5 Å². The first-order valence-corrected chi connectivity index (χ1v) is 10.3. The van der Waals surface area contributed by atoms with E-state index in [-0.39, 0.29) is 11.2 Å². The standard InChI is InChI=1S/C20H23N5O3S/c1-14(29-20-23-22-18(24(20)2)17-4-3-11-28-17)19(26)21-15-5-7-16(8-6-15)25-9-12-27-13-10-25/h3-8,11,14H,9-10,12-13H2,1-2H3,(H,21,26)/t14-/m0/s1. The summed E-state index contributed by atoms with van der Waals surface area (Å²) < 4.78 is 12.6. The summed E-state index contributed by atoms with van der Waals surface area (Å²) in [5, 5.41) is 11.6. The molecule has 0 bridgehead atoms. The Morgan fingerprint density at radius 3 is 2.62 bits per heavy atom. The number of thioether (sulfide) groups is 1. The van der Waals surface area contributed by atoms with Gasteiger partial charge in [-0.3, -0.25) is 4.79 Å². The summed E-state index contributed by atoms with van der Waals surface area (Å²) in [6, 6.07) is 11.5. The molecule has 1 N–H and O–H groups in total. The number of benzene rings is 1. The van der Waals surface area contributed by atoms with Crippen LogP contribution < -0.4 is 10.2 Å². The van der Waals surface area contributed by atoms with Gasteiger partial charge in [-0.15, -0.1) is 10.2 Å². The summed E-state index contributed by atoms with van der Waals surface area (Å²) in [5.41, 5.74) is 1.91. The van der Waals surface area contributed by atoms with Gasteiger partial charge in [0.2, 0.25) is 5.91 Å². The number of carbonyl (C=O) groups excluding carboxylic acids is 1. The number of rotatable bonds is 6. The largest absolute Gasteiger partial charge is 0.461 e. The highest BCUT2D eigenvalue weighted by Gasteiger charge is 2.20. The molecule has 3 aromatic rings. The average molecular weight is 414 g/mol. The monoisotopic (exact) mass is 413 g/mol. The zero-order valence-corrected chi connectivity index (χ0v) is 17.2. The number of ether oxygens (including phenoxy) is 1. The van der Waals surface area contributed by atoms with E-state index in [2.05, 4.69) is 20.4 Å². The minimum absolute atomic E-state index is 0.0864. The number of anilines is 2. The van der Waals surface area contributed by atoms with Gasteiger partial charge >= 0.3 is 0 Å². The molecule has 0 unspecified atom stereocenters. The normalized spacial score (nSPS) is 15.3. The number of nitrogens with one attached hydrogen (secondary N) is 1. The first kappa shape index (κ1) is 19.5. The van der Waals surface area contributed by atoms with Gasteiger partial charge in [0.25, 0.3) is 0 Å². The lowest BCUT2D eigenvalue weighted by atomic mass is 10.2. The second-order valence-electron chi connectivity index (χ2n) is 6.74. The summed E-state index contributed by atoms with van der Waals surface area (Å²) in [6.45, 7) is 5.12. The van der Waals surface area contributed by atoms with Gasteiger partial charge in [-0.05, 0) is 43.3 Å². The fraction of sp³-hybridized carbons (Fsp3) is 0.350. The summed E-state index contributed by atoms with van der Waals surface area (Å²) in [6.07, 6.45) is 1.59. The average Bonchev–Trinajstić information content (AvgIpc) is 3.39. The van der Waals surface area contributed by atoms with Crippen LogP contribution in [0.4, 0.5) is 11.4 Å². The van der Waals surface area contributed by atoms with Gasteiger partial charge in [0.1, 0.15) is 0 Å². The third-order valence-electron chi connectivity index (χ3n) is 4.74. The van der Waals surface area contributed by atoms with Gasteiger partial charge in [-0.1, -0.05) is 11.8 Å². The molecule has 1 amide bonds. The van der Waals surface area contributed by atoms with Crippen molar-refractivity contribution < 1.29 is 13.9 Å². The number of nitrogens with zero attached hydrogens (tertiary/aromatic N) is 4. The molecule has 0 radical (unpaired) electrons. The van der Waals surface area contributed by atoms with Gasteiger partial charge in [-0.25, -0.2) is 0 Å². The molecule has 152 valence electrons. The zero-order chi connectivity index (χ0) is 20.2. The van der Waals surface area contributed by atoms with Crippen molar-refractivity contribution in [3.63, 3.8) is 0 Å². The molecular weight excluding hydrogens is 390 g/mol. The van der Waals surface area contributed by atoms with Crippen molar-refractivity contribution in [3.05, 3.63) is 42.7 Å². The van der Waals surface area contributed by atoms with Gasteiger partial charge in [0.05, 0.1) is 24.7 Å². The highest BCUT2D eigenvalue weighted by molar-refractivity contribution is 8.00. The molecule has 8 nitrogen and oxygen atoms in total. The van der Waals surface area contributed by atoms with Gasteiger partial charge in [-0.2, -0.15) is 0 Å². The zero-order valence-electron chi connectivity index (χ0n) is 16.4. The van der Waals surface area contributed by atoms with E-state index < -0.39 is 0 Å². The van der Waals surface area contributed by atoms with Gasteiger partial charge in [0, 0.05) is 31.5 Å². The summed E-state index contributed by atoms with van der Waals surface area (Å²) >= 11 is 1.36. The maximum atomic E-state index is 12.6. The topological polar surface area (TPSA) is 85.4 Å². The Morgan fingerprint density at radius 1 is 1.17 bits per heavy atom. The van der Waals surface area contributed by atoms with Crippen LogP contribution in [0.15, 0.2) is 52.2 Å². The minimum Gasteiger partial charge on any atom is -0.461 e. The predicted molar refractivity (Wildman–Crippen MR) is 112 cm³/mol. The van der Waals surface area contributed by atoms with Crippen LogP contribution in [0.1, 0.15) is 6.92 Å². The molecule has 1 aliphatic rings. The molecule has 2 aromatic heterocycles. The lowest BCUT2D eigenvalue weighted by Gasteiger charge is -2.28. The Kier molecular flexibility index (Phi) is 5.86. The number of amides is 1. The van der Waals surface area contributed by atoms with Crippen molar-refractivity contribution in [2.45, 2.75) is 17.3 Å². The number of furan rings is 1. The predicted octanol–water partition coefficient (Wildman–Crippen LogP) is 3.03. The highest BCUT2D eigenvalue weighted by Crippen LogP contribution is 2.27. The van der Waals surface area contributed by atoms with E-state index in [1.807, 2.05) is 48.9 Å². The number of hydrogen-bond acceptors (Lipinski definition) is 7. The van der Waals surface area contributed by atoms with E-state index in [0.717, 1.165) is 37.7 Å². The second-order valence-corrected chi connectivity index (χ2v) is 8.05. The maximum absolute atomic E-state index is 12.6. The summed E-state index contributed by atoms with van der Waals surface area (Å²) in [5.74, 6) is 1.18. The summed E-state index contributed by atoms with van der Waals surface area (Å²) in [7, 11) is 1.86. The van der Waals surface area contributed by atoms with Crippen molar-refractivity contribution in [3.8, 4) is 11.6 Å². The third kappa shape index (κ3) is 4.46. The molecule has 9 heteroatoms. The smallest absolute Gasteiger partial charge is 0.237 e. The van der Waals surface area contributed by atoms with Crippen molar-refractivity contribution in [1.82, 2.24) is 14.8 Å². The molecule has 1 atom stereocenters. The number of hydrogen-bond donors (Lipinski definition) is 1. The molecule has 4 rings (SSSR count). The van der Waals surface area contributed by atoms with E-state index in [1.165, 1.54) is 11.8 Å². The van der Waals surface area contributed by atoms with Gasteiger partial charge < -0.3 is 23.9 Å². The Morgan fingerprint density at radius 2 is 1.93 bits per heavy atom. The molecular formula is C20H23N5O3S. The third-order valence-corrected chi connectivity index (χ3v) is 5.87. The van der Waals surface area contributed by atoms with Crippen LogP contribution in [0.2, 0.25) is 0 Å². The second kappa shape index (κ2) is 8.71. The lowest BCUT2D eigenvalue weighted by molar-refractivity contribution is -0.115. The first-order valence-electron chi connectivity index (χ1n) is 9.45. The van der Waals surface area contributed by atoms with E-state index >= 15 is 0 Å². The molecule has 1 fully saturated rings. The van der Waals surface area contributed by atoms with Crippen LogP contribution in [0.5, 0.6) is 0 Å². The van der Waals surface area contributed by atoms with Crippen LogP contribution in [0.25, 0.3) is 11.6 Å². The Labute approximate surface area is 173 Å². The number of morpholine rings is 1. The molecule has 3 heterocycles. The minimum atomic E-state index is -0.332. The first-order chi connectivity index (χ1) is 14.1. The lowest BCUT2D eigenvalue weighted by Crippen LogP contribution is -2.36. The van der Waals surface area contributed by atoms with Crippen LogP contribution in [-0.2, 0) is 16.6 Å². The van der Waals surface area contributed by atoms with E-state index in [1.54, 1.807) is 12.3 Å².